The average Bonchev–Trinajstić information content (AvgIpc) is 2.11. The number of rotatable bonds is 3. The number of nitrogen functional groups attached to an aromatic ring is 1. The zero-order chi connectivity index (χ0) is 9.84. The van der Waals surface area contributed by atoms with Crippen LogP contribution in [0, 0.1) is 3.57 Å². The number of hydrogen-bond donors (Lipinski definition) is 3. The van der Waals surface area contributed by atoms with E-state index in [0.717, 1.165) is 9.13 Å². The number of hydrogen-bond acceptors (Lipinski definition) is 3. The van der Waals surface area contributed by atoms with Crippen LogP contribution in [0.1, 0.15) is 11.5 Å². The Hall–Kier alpha value is -0.330. The summed E-state index contributed by atoms with van der Waals surface area (Å²) in [5.74, 6) is -0.270. The molecule has 0 saturated carbocycles. The Morgan fingerprint density at radius 2 is 1.92 bits per heavy atom. The van der Waals surface area contributed by atoms with E-state index < -0.39 is 0 Å². The fourth-order valence-corrected chi connectivity index (χ4v) is 2.18. The fraction of sp³-hybridized carbons (Fsp3) is 0.333. The topological polar surface area (TPSA) is 66.5 Å². The summed E-state index contributed by atoms with van der Waals surface area (Å²) in [7, 11) is 0. The lowest BCUT2D eigenvalue weighted by atomic mass is 9.99. The van der Waals surface area contributed by atoms with Crippen molar-refractivity contribution < 1.29 is 10.2 Å². The van der Waals surface area contributed by atoms with Gasteiger partial charge in [-0.1, -0.05) is 6.07 Å². The van der Waals surface area contributed by atoms with Gasteiger partial charge in [-0.05, 0) is 40.3 Å². The van der Waals surface area contributed by atoms with Crippen LogP contribution in [-0.2, 0) is 0 Å². The first-order chi connectivity index (χ1) is 6.20. The molecule has 1 aromatic carbocycles. The lowest BCUT2D eigenvalue weighted by Gasteiger charge is -2.15. The fourth-order valence-electron chi connectivity index (χ4n) is 1.22. The molecule has 0 spiro atoms. The second-order valence-electron chi connectivity index (χ2n) is 2.80. The van der Waals surface area contributed by atoms with Crippen LogP contribution in [0.5, 0.6) is 0 Å². The van der Waals surface area contributed by atoms with Gasteiger partial charge in [-0.2, -0.15) is 0 Å². The Bertz CT molecular complexity index is 267. The van der Waals surface area contributed by atoms with Gasteiger partial charge in [0.05, 0.1) is 13.2 Å². The number of anilines is 1. The summed E-state index contributed by atoms with van der Waals surface area (Å²) in [6, 6.07) is 5.53. The van der Waals surface area contributed by atoms with Crippen molar-refractivity contribution in [2.75, 3.05) is 18.9 Å². The summed E-state index contributed by atoms with van der Waals surface area (Å²) in [5.41, 5.74) is 7.21. The van der Waals surface area contributed by atoms with E-state index in [4.69, 9.17) is 15.9 Å². The lowest BCUT2D eigenvalue weighted by molar-refractivity contribution is 0.192. The van der Waals surface area contributed by atoms with Gasteiger partial charge < -0.3 is 15.9 Å². The van der Waals surface area contributed by atoms with Gasteiger partial charge in [-0.3, -0.25) is 0 Å². The zero-order valence-corrected chi connectivity index (χ0v) is 9.23. The highest BCUT2D eigenvalue weighted by atomic mass is 127. The molecule has 0 bridgehead atoms. The number of benzene rings is 1. The van der Waals surface area contributed by atoms with Crippen molar-refractivity contribution in [3.63, 3.8) is 0 Å². The molecule has 0 aromatic heterocycles. The molecule has 0 aliphatic rings. The number of aliphatic hydroxyl groups is 2. The van der Waals surface area contributed by atoms with Crippen molar-refractivity contribution >= 4 is 28.3 Å². The molecule has 1 aromatic rings. The van der Waals surface area contributed by atoms with Gasteiger partial charge in [0.1, 0.15) is 0 Å². The third-order valence-corrected chi connectivity index (χ3v) is 2.88. The van der Waals surface area contributed by atoms with Crippen LogP contribution < -0.4 is 5.73 Å². The van der Waals surface area contributed by atoms with Crippen LogP contribution in [0.3, 0.4) is 0 Å². The Morgan fingerprint density at radius 1 is 1.31 bits per heavy atom. The molecule has 1 rings (SSSR count). The first-order valence-corrected chi connectivity index (χ1v) is 5.04. The Kier molecular flexibility index (Phi) is 3.95. The largest absolute Gasteiger partial charge is 0.398 e. The maximum atomic E-state index is 9.01. The van der Waals surface area contributed by atoms with Crippen LogP contribution in [0.4, 0.5) is 5.69 Å². The lowest BCUT2D eigenvalue weighted by Crippen LogP contribution is -2.12. The first kappa shape index (κ1) is 10.7. The van der Waals surface area contributed by atoms with E-state index in [1.807, 2.05) is 12.1 Å². The van der Waals surface area contributed by atoms with Crippen LogP contribution in [0.2, 0.25) is 0 Å². The van der Waals surface area contributed by atoms with Crippen molar-refractivity contribution in [2.24, 2.45) is 0 Å². The van der Waals surface area contributed by atoms with Crippen molar-refractivity contribution in [3.05, 3.63) is 27.3 Å². The van der Waals surface area contributed by atoms with Crippen molar-refractivity contribution in [1.82, 2.24) is 0 Å². The van der Waals surface area contributed by atoms with Gasteiger partial charge in [-0.25, -0.2) is 0 Å². The number of nitrogens with two attached hydrogens (primary N) is 1. The maximum Gasteiger partial charge on any atom is 0.0523 e. The van der Waals surface area contributed by atoms with Crippen LogP contribution in [0.25, 0.3) is 0 Å². The molecule has 72 valence electrons. The third kappa shape index (κ3) is 2.32. The quantitative estimate of drug-likeness (QED) is 0.574. The molecule has 0 amide bonds. The molecule has 0 fully saturated rings. The second kappa shape index (κ2) is 4.78. The van der Waals surface area contributed by atoms with E-state index in [1.165, 1.54) is 0 Å². The summed E-state index contributed by atoms with van der Waals surface area (Å²) >= 11 is 2.15. The Morgan fingerprint density at radius 3 is 2.38 bits per heavy atom. The third-order valence-electron chi connectivity index (χ3n) is 1.94. The minimum Gasteiger partial charge on any atom is -0.398 e. The number of aliphatic hydroxyl groups excluding tert-OH is 2. The van der Waals surface area contributed by atoms with E-state index in [9.17, 15) is 0 Å². The van der Waals surface area contributed by atoms with Gasteiger partial charge in [0, 0.05) is 15.2 Å². The van der Waals surface area contributed by atoms with Crippen LogP contribution in [0.15, 0.2) is 18.2 Å². The molecule has 0 saturated heterocycles. The smallest absolute Gasteiger partial charge is 0.0523 e. The minimum atomic E-state index is -0.270. The van der Waals surface area contributed by atoms with Gasteiger partial charge in [0.15, 0.2) is 0 Å². The van der Waals surface area contributed by atoms with E-state index in [0.29, 0.717) is 5.69 Å². The van der Waals surface area contributed by atoms with Crippen LogP contribution >= 0.6 is 22.6 Å². The molecule has 0 heterocycles. The molecule has 4 heteroatoms. The van der Waals surface area contributed by atoms with E-state index >= 15 is 0 Å². The Labute approximate surface area is 90.7 Å². The summed E-state index contributed by atoms with van der Waals surface area (Å²) in [5, 5.41) is 18.0. The molecule has 13 heavy (non-hydrogen) atoms. The molecule has 0 unspecified atom stereocenters. The first-order valence-electron chi connectivity index (χ1n) is 3.96. The van der Waals surface area contributed by atoms with Gasteiger partial charge in [0.2, 0.25) is 0 Å². The average molecular weight is 293 g/mol. The standard InChI is InChI=1S/C9H12INO2/c10-7-2-1-3-8(11)9(7)6(4-12)5-13/h1-3,6,12-13H,4-5,11H2. The molecule has 0 aliphatic heterocycles. The summed E-state index contributed by atoms with van der Waals surface area (Å²) in [4.78, 5) is 0. The normalized spacial score (nSPS) is 10.8. The second-order valence-corrected chi connectivity index (χ2v) is 3.97. The summed E-state index contributed by atoms with van der Waals surface area (Å²) in [6.07, 6.45) is 0. The SMILES string of the molecule is Nc1cccc(I)c1C(CO)CO. The van der Waals surface area contributed by atoms with Gasteiger partial charge in [-0.15, -0.1) is 0 Å². The molecule has 0 atom stereocenters. The van der Waals surface area contributed by atoms with Gasteiger partial charge >= 0.3 is 0 Å². The van der Waals surface area contributed by atoms with Crippen molar-refractivity contribution in [3.8, 4) is 0 Å². The monoisotopic (exact) mass is 293 g/mol. The zero-order valence-electron chi connectivity index (χ0n) is 7.07. The summed E-state index contributed by atoms with van der Waals surface area (Å²) in [6.45, 7) is -0.165. The molecule has 4 N–H and O–H groups in total. The van der Waals surface area contributed by atoms with E-state index in [2.05, 4.69) is 22.6 Å². The highest BCUT2D eigenvalue weighted by Crippen LogP contribution is 2.26. The Balaban J connectivity index is 3.10. The maximum absolute atomic E-state index is 9.01. The minimum absolute atomic E-state index is 0.0826. The molecule has 0 aliphatic carbocycles. The molecular formula is C9H12INO2. The highest BCUT2D eigenvalue weighted by Gasteiger charge is 2.14. The van der Waals surface area contributed by atoms with Crippen molar-refractivity contribution in [1.29, 1.82) is 0 Å². The van der Waals surface area contributed by atoms with Crippen LogP contribution in [-0.4, -0.2) is 23.4 Å². The van der Waals surface area contributed by atoms with Gasteiger partial charge in [0.25, 0.3) is 0 Å². The predicted octanol–water partition coefficient (Wildman–Crippen LogP) is 0.942. The molecule has 0 radical (unpaired) electrons. The van der Waals surface area contributed by atoms with E-state index in [-0.39, 0.29) is 19.1 Å². The number of halogens is 1. The highest BCUT2D eigenvalue weighted by molar-refractivity contribution is 14.1. The van der Waals surface area contributed by atoms with Crippen molar-refractivity contribution in [2.45, 2.75) is 5.92 Å². The molecular weight excluding hydrogens is 281 g/mol. The summed E-state index contributed by atoms with van der Waals surface area (Å²) < 4.78 is 0.978. The predicted molar refractivity (Wildman–Crippen MR) is 60.5 cm³/mol. The van der Waals surface area contributed by atoms with E-state index in [1.54, 1.807) is 6.07 Å². The molecule has 3 nitrogen and oxygen atoms in total.